The van der Waals surface area contributed by atoms with Crippen LogP contribution in [-0.4, -0.2) is 96.0 Å². The third-order valence-electron chi connectivity index (χ3n) is 11.1. The first-order valence-electron chi connectivity index (χ1n) is 23.7. The van der Waals surface area contributed by atoms with Gasteiger partial charge >= 0.3 is 11.9 Å². The first-order chi connectivity index (χ1) is 28.5. The maximum absolute atomic E-state index is 12.8. The molecule has 1 fully saturated rings. The van der Waals surface area contributed by atoms with Crippen LogP contribution in [0.4, 0.5) is 0 Å². The molecule has 1 saturated heterocycles. The molecule has 1 heterocycles. The van der Waals surface area contributed by atoms with Crippen molar-refractivity contribution in [2.75, 3.05) is 19.0 Å². The van der Waals surface area contributed by atoms with E-state index >= 15 is 0 Å². The minimum absolute atomic E-state index is 0.168. The number of carbonyl (C=O) groups excluding carboxylic acids is 2. The predicted octanol–water partition coefficient (Wildman–Crippen LogP) is 9.84. The van der Waals surface area contributed by atoms with Gasteiger partial charge in [-0.25, -0.2) is 0 Å². The number of aliphatic hydroxyl groups excluding tert-OH is 3. The van der Waals surface area contributed by atoms with E-state index in [9.17, 15) is 37.9 Å². The molecule has 1 rings (SSSR count). The molecule has 0 aromatic rings. The molecule has 59 heavy (non-hydrogen) atoms. The van der Waals surface area contributed by atoms with Gasteiger partial charge in [-0.2, -0.15) is 8.42 Å². The van der Waals surface area contributed by atoms with Crippen molar-refractivity contribution in [3.8, 4) is 0 Å². The lowest BCUT2D eigenvalue weighted by molar-refractivity contribution is -0.297. The van der Waals surface area contributed by atoms with Crippen molar-refractivity contribution in [3.05, 3.63) is 12.2 Å². The quantitative estimate of drug-likeness (QED) is 0.0198. The average Bonchev–Trinajstić information content (AvgIpc) is 3.20. The minimum atomic E-state index is -4.60. The van der Waals surface area contributed by atoms with E-state index in [1.54, 1.807) is 0 Å². The molecule has 0 aromatic carbocycles. The van der Waals surface area contributed by atoms with Gasteiger partial charge in [0.2, 0.25) is 0 Å². The third-order valence-corrected chi connectivity index (χ3v) is 11.8. The zero-order valence-electron chi connectivity index (χ0n) is 37.1. The summed E-state index contributed by atoms with van der Waals surface area (Å²) in [6.07, 6.45) is 29.7. The fraction of sp³-hybridized carbons (Fsp3) is 0.913. The van der Waals surface area contributed by atoms with Gasteiger partial charge in [-0.3, -0.25) is 14.1 Å². The van der Waals surface area contributed by atoms with Crippen LogP contribution in [-0.2, 0) is 38.7 Å². The standard InChI is InChI=1S/C46H86O12S/c1-3-5-7-9-11-13-15-17-19-20-21-23-25-27-29-31-33-35-42(48)57-39(37-56-46-45(51)44(50)43(49)40(58-46)38-59(52,53)54)36-55-41(47)34-32-30-28-26-24-22-18-16-14-12-10-8-6-4-2/h16,18,39-40,43-46,49-51H,3-15,17,19-38H2,1-2H3,(H,52,53,54)/b18-16+/t39-,40-,43-,44?,45?,46+/m1/s1. The van der Waals surface area contributed by atoms with Crippen LogP contribution < -0.4 is 0 Å². The fourth-order valence-electron chi connectivity index (χ4n) is 7.38. The predicted molar refractivity (Wildman–Crippen MR) is 234 cm³/mol. The molecule has 12 nitrogen and oxygen atoms in total. The Bertz CT molecular complexity index is 1150. The Labute approximate surface area is 358 Å². The Balaban J connectivity index is 2.42. The normalized spacial score (nSPS) is 20.3. The average molecular weight is 863 g/mol. The van der Waals surface area contributed by atoms with Crippen LogP contribution in [0.1, 0.15) is 213 Å². The molecule has 0 radical (unpaired) electrons. The zero-order valence-corrected chi connectivity index (χ0v) is 37.9. The molecule has 4 N–H and O–H groups in total. The number of allylic oxidation sites excluding steroid dienone is 2. The SMILES string of the molecule is CCCCCCC/C=C/CCCCCCCC(=O)OC[C@H](CO[C@H]1O[C@H](CS(=O)(=O)O)[C@@H](O)C(O)C1O)OC(=O)CCCCCCCCCCCCCCCCCCC. The van der Waals surface area contributed by atoms with Crippen molar-refractivity contribution in [2.45, 2.75) is 250 Å². The van der Waals surface area contributed by atoms with Gasteiger partial charge in [0.05, 0.1) is 6.61 Å². The number of hydrogen-bond acceptors (Lipinski definition) is 11. The summed E-state index contributed by atoms with van der Waals surface area (Å²) in [6.45, 7) is 3.76. The Morgan fingerprint density at radius 2 is 0.966 bits per heavy atom. The number of aliphatic hydroxyl groups is 3. The monoisotopic (exact) mass is 863 g/mol. The fourth-order valence-corrected chi connectivity index (χ4v) is 8.07. The van der Waals surface area contributed by atoms with Gasteiger partial charge in [0.15, 0.2) is 12.4 Å². The summed E-state index contributed by atoms with van der Waals surface area (Å²) < 4.78 is 54.1. The van der Waals surface area contributed by atoms with Gasteiger partial charge < -0.3 is 34.3 Å². The Morgan fingerprint density at radius 1 is 0.559 bits per heavy atom. The first kappa shape index (κ1) is 55.4. The van der Waals surface area contributed by atoms with Gasteiger partial charge in [0.1, 0.15) is 36.8 Å². The molecule has 0 aromatic heterocycles. The van der Waals surface area contributed by atoms with Crippen molar-refractivity contribution < 1.29 is 56.8 Å². The van der Waals surface area contributed by atoms with E-state index in [-0.39, 0.29) is 19.4 Å². The summed E-state index contributed by atoms with van der Waals surface area (Å²) in [7, 11) is -4.60. The topological polar surface area (TPSA) is 186 Å². The molecule has 0 amide bonds. The highest BCUT2D eigenvalue weighted by atomic mass is 32.2. The van der Waals surface area contributed by atoms with Crippen molar-refractivity contribution in [3.63, 3.8) is 0 Å². The molecule has 2 unspecified atom stereocenters. The second-order valence-electron chi connectivity index (χ2n) is 16.8. The highest BCUT2D eigenvalue weighted by molar-refractivity contribution is 7.85. The molecule has 0 saturated carbocycles. The summed E-state index contributed by atoms with van der Waals surface area (Å²) in [5.74, 6) is -1.98. The lowest BCUT2D eigenvalue weighted by atomic mass is 10.00. The molecule has 1 aliphatic heterocycles. The van der Waals surface area contributed by atoms with Crippen LogP contribution in [0.25, 0.3) is 0 Å². The van der Waals surface area contributed by atoms with E-state index in [0.717, 1.165) is 57.8 Å². The highest BCUT2D eigenvalue weighted by Crippen LogP contribution is 2.24. The van der Waals surface area contributed by atoms with Crippen LogP contribution in [0.5, 0.6) is 0 Å². The number of hydrogen-bond donors (Lipinski definition) is 4. The molecule has 1 aliphatic rings. The second kappa shape index (κ2) is 37.0. The minimum Gasteiger partial charge on any atom is -0.462 e. The summed E-state index contributed by atoms with van der Waals surface area (Å²) in [6, 6.07) is 0. The van der Waals surface area contributed by atoms with Gasteiger partial charge in [-0.15, -0.1) is 0 Å². The maximum atomic E-state index is 12.8. The van der Waals surface area contributed by atoms with E-state index in [0.29, 0.717) is 12.8 Å². The van der Waals surface area contributed by atoms with E-state index in [1.165, 1.54) is 116 Å². The number of rotatable bonds is 40. The summed E-state index contributed by atoms with van der Waals surface area (Å²) in [5.41, 5.74) is 0. The van der Waals surface area contributed by atoms with Crippen LogP contribution >= 0.6 is 0 Å². The van der Waals surface area contributed by atoms with Gasteiger partial charge in [0.25, 0.3) is 10.1 Å². The van der Waals surface area contributed by atoms with Crippen molar-refractivity contribution in [1.29, 1.82) is 0 Å². The van der Waals surface area contributed by atoms with E-state index in [1.807, 2.05) is 0 Å². The molecule has 0 aliphatic carbocycles. The molecule has 0 spiro atoms. The highest BCUT2D eigenvalue weighted by Gasteiger charge is 2.46. The number of unbranched alkanes of at least 4 members (excludes halogenated alkanes) is 26. The molecule has 13 heteroatoms. The maximum Gasteiger partial charge on any atom is 0.306 e. The number of esters is 2. The molecule has 6 atom stereocenters. The summed E-state index contributed by atoms with van der Waals surface area (Å²) in [4.78, 5) is 25.4. The Hall–Kier alpha value is -1.61. The number of carbonyl (C=O) groups is 2. The first-order valence-corrected chi connectivity index (χ1v) is 25.4. The van der Waals surface area contributed by atoms with Crippen molar-refractivity contribution in [2.24, 2.45) is 0 Å². The van der Waals surface area contributed by atoms with E-state index in [2.05, 4.69) is 26.0 Å². The third kappa shape index (κ3) is 31.8. The van der Waals surface area contributed by atoms with Crippen LogP contribution in [0.3, 0.4) is 0 Å². The molecular formula is C46H86O12S. The van der Waals surface area contributed by atoms with E-state index in [4.69, 9.17) is 18.9 Å². The molecular weight excluding hydrogens is 777 g/mol. The summed E-state index contributed by atoms with van der Waals surface area (Å²) >= 11 is 0. The molecule has 348 valence electrons. The van der Waals surface area contributed by atoms with Gasteiger partial charge in [0, 0.05) is 12.8 Å². The van der Waals surface area contributed by atoms with Crippen molar-refractivity contribution in [1.82, 2.24) is 0 Å². The van der Waals surface area contributed by atoms with E-state index < -0.39 is 71.2 Å². The lowest BCUT2D eigenvalue weighted by Gasteiger charge is -2.40. The number of ether oxygens (including phenoxy) is 4. The van der Waals surface area contributed by atoms with Gasteiger partial charge in [-0.05, 0) is 38.5 Å². The lowest BCUT2D eigenvalue weighted by Crippen LogP contribution is -2.60. The van der Waals surface area contributed by atoms with Crippen LogP contribution in [0.15, 0.2) is 12.2 Å². The molecule has 0 bridgehead atoms. The largest absolute Gasteiger partial charge is 0.462 e. The van der Waals surface area contributed by atoms with Crippen molar-refractivity contribution >= 4 is 22.1 Å². The second-order valence-corrected chi connectivity index (χ2v) is 18.3. The Morgan fingerprint density at radius 3 is 1.41 bits per heavy atom. The smallest absolute Gasteiger partial charge is 0.306 e. The van der Waals surface area contributed by atoms with Crippen LogP contribution in [0, 0.1) is 0 Å². The Kier molecular flexibility index (Phi) is 34.7. The van der Waals surface area contributed by atoms with Crippen LogP contribution in [0.2, 0.25) is 0 Å². The zero-order chi connectivity index (χ0) is 43.4. The van der Waals surface area contributed by atoms with Gasteiger partial charge in [-0.1, -0.05) is 174 Å². The summed E-state index contributed by atoms with van der Waals surface area (Å²) in [5, 5.41) is 30.9.